The summed E-state index contributed by atoms with van der Waals surface area (Å²) in [6, 6.07) is 2.47. The van der Waals surface area contributed by atoms with Crippen LogP contribution in [0.2, 0.25) is 0 Å². The fourth-order valence-corrected chi connectivity index (χ4v) is 0. The van der Waals surface area contributed by atoms with Gasteiger partial charge in [0, 0.05) is 23.1 Å². The Labute approximate surface area is 46.2 Å². The van der Waals surface area contributed by atoms with Crippen LogP contribution in [-0.4, -0.2) is 23.1 Å². The van der Waals surface area contributed by atoms with E-state index in [4.69, 9.17) is 10.5 Å². The monoisotopic (exact) mass is 76.0 g/mol. The van der Waals surface area contributed by atoms with Gasteiger partial charge in [-0.2, -0.15) is 10.5 Å². The highest BCUT2D eigenvalue weighted by atomic mass is 24.3. The molecule has 0 amide bonds. The van der Waals surface area contributed by atoms with E-state index in [0.29, 0.717) is 0 Å². The first-order valence-corrected chi connectivity index (χ1v) is 0.697. The van der Waals surface area contributed by atoms with E-state index < -0.39 is 0 Å². The van der Waals surface area contributed by atoms with Crippen LogP contribution in [0.4, 0.5) is 0 Å². The predicted octanol–water partition coefficient (Wildman–Crippen LogP) is -0.347. The van der Waals surface area contributed by atoms with E-state index in [2.05, 4.69) is 0 Å². The SMILES string of the molecule is N#CC#N.[Mg]. The maximum atomic E-state index is 7.26. The molecule has 2 radical (unpaired) electrons. The molecule has 0 aromatic rings. The maximum Gasteiger partial charge on any atom is 0.181 e. The van der Waals surface area contributed by atoms with Crippen LogP contribution >= 0.6 is 0 Å². The van der Waals surface area contributed by atoms with Gasteiger partial charge in [0.25, 0.3) is 0 Å². The Bertz CT molecular complexity index is 62.6. The van der Waals surface area contributed by atoms with Crippen molar-refractivity contribution >= 4 is 23.1 Å². The third-order valence-corrected chi connectivity index (χ3v) is 0.0500. The summed E-state index contributed by atoms with van der Waals surface area (Å²) in [5.41, 5.74) is 0. The molecule has 0 bridgehead atoms. The van der Waals surface area contributed by atoms with E-state index in [9.17, 15) is 0 Å². The van der Waals surface area contributed by atoms with Crippen LogP contribution in [0.1, 0.15) is 0 Å². The van der Waals surface area contributed by atoms with E-state index in [1.54, 1.807) is 0 Å². The summed E-state index contributed by atoms with van der Waals surface area (Å²) < 4.78 is 0. The minimum Gasteiger partial charge on any atom is -0.181 e. The molecule has 0 saturated heterocycles. The topological polar surface area (TPSA) is 47.6 Å². The molecule has 0 aliphatic heterocycles. The number of nitrogens with zero attached hydrogens (tertiary/aromatic N) is 2. The minimum atomic E-state index is 0. The van der Waals surface area contributed by atoms with Gasteiger partial charge < -0.3 is 0 Å². The molecule has 0 aromatic heterocycles. The summed E-state index contributed by atoms with van der Waals surface area (Å²) in [6.07, 6.45) is 0. The second-order valence-corrected chi connectivity index (χ2v) is 0.224. The first kappa shape index (κ1) is 8.83. The molecule has 0 N–H and O–H groups in total. The van der Waals surface area contributed by atoms with Crippen LogP contribution in [0.3, 0.4) is 0 Å². The fourth-order valence-electron chi connectivity index (χ4n) is 0. The molecule has 20 valence electrons. The molecule has 2 nitrogen and oxygen atoms in total. The average Bonchev–Trinajstić information content (AvgIpc) is 1.37. The maximum absolute atomic E-state index is 7.26. The van der Waals surface area contributed by atoms with Crippen molar-refractivity contribution in [2.75, 3.05) is 0 Å². The summed E-state index contributed by atoms with van der Waals surface area (Å²) in [7, 11) is 0. The van der Waals surface area contributed by atoms with E-state index in [0.717, 1.165) is 0 Å². The van der Waals surface area contributed by atoms with Crippen molar-refractivity contribution in [3.63, 3.8) is 0 Å². The molecule has 0 atom stereocenters. The molecule has 0 aromatic carbocycles. The Morgan fingerprint density at radius 2 is 1.20 bits per heavy atom. The van der Waals surface area contributed by atoms with Gasteiger partial charge in [0.1, 0.15) is 0 Å². The minimum absolute atomic E-state index is 0. The molecule has 0 fully saturated rings. The molecular weight excluding hydrogens is 76.3 g/mol. The van der Waals surface area contributed by atoms with Crippen LogP contribution < -0.4 is 0 Å². The van der Waals surface area contributed by atoms with Crippen LogP contribution in [0.15, 0.2) is 0 Å². The summed E-state index contributed by atoms with van der Waals surface area (Å²) in [5.74, 6) is 0. The quantitative estimate of drug-likeness (QED) is 0.370. The van der Waals surface area contributed by atoms with Crippen molar-refractivity contribution < 1.29 is 0 Å². The standard InChI is InChI=1S/C2N2.Mg/c3-1-2-4;. The molecule has 0 saturated carbocycles. The fraction of sp³-hybridized carbons (Fsp3) is 0. The number of hydrogen-bond acceptors (Lipinski definition) is 2. The Balaban J connectivity index is 0. The highest BCUT2D eigenvalue weighted by molar-refractivity contribution is 5.75. The summed E-state index contributed by atoms with van der Waals surface area (Å²) >= 11 is 0. The second-order valence-electron chi connectivity index (χ2n) is 0.224. The van der Waals surface area contributed by atoms with Gasteiger partial charge in [-0.15, -0.1) is 0 Å². The van der Waals surface area contributed by atoms with Crippen molar-refractivity contribution in [1.82, 2.24) is 0 Å². The number of rotatable bonds is 0. The van der Waals surface area contributed by atoms with E-state index in [1.807, 2.05) is 0 Å². The van der Waals surface area contributed by atoms with E-state index in [1.165, 1.54) is 12.1 Å². The van der Waals surface area contributed by atoms with Crippen LogP contribution in [0.5, 0.6) is 0 Å². The summed E-state index contributed by atoms with van der Waals surface area (Å²) in [6.45, 7) is 0. The Morgan fingerprint density at radius 1 is 1.00 bits per heavy atom. The number of hydrogen-bond donors (Lipinski definition) is 0. The third kappa shape index (κ3) is 20.5. The van der Waals surface area contributed by atoms with Crippen molar-refractivity contribution in [1.29, 1.82) is 10.5 Å². The van der Waals surface area contributed by atoms with Crippen molar-refractivity contribution in [2.24, 2.45) is 0 Å². The number of nitriles is 2. The lowest BCUT2D eigenvalue weighted by Gasteiger charge is -1.16. The van der Waals surface area contributed by atoms with Crippen molar-refractivity contribution in [3.05, 3.63) is 0 Å². The largest absolute Gasteiger partial charge is 0.181 e. The third-order valence-electron chi connectivity index (χ3n) is 0.0500. The van der Waals surface area contributed by atoms with Crippen LogP contribution in [-0.2, 0) is 0 Å². The zero-order valence-electron chi connectivity index (χ0n) is 2.60. The molecule has 3 heteroatoms. The van der Waals surface area contributed by atoms with Crippen LogP contribution in [0.25, 0.3) is 0 Å². The van der Waals surface area contributed by atoms with E-state index in [-0.39, 0.29) is 23.1 Å². The van der Waals surface area contributed by atoms with Gasteiger partial charge in [0.05, 0.1) is 0 Å². The molecule has 0 rings (SSSR count). The lowest BCUT2D eigenvalue weighted by molar-refractivity contribution is 1.49. The molecule has 0 heterocycles. The highest BCUT2D eigenvalue weighted by Crippen LogP contribution is 1.27. The molecule has 0 spiro atoms. The molecule has 0 aliphatic carbocycles. The Morgan fingerprint density at radius 3 is 1.20 bits per heavy atom. The van der Waals surface area contributed by atoms with Gasteiger partial charge in [0.2, 0.25) is 0 Å². The van der Waals surface area contributed by atoms with Gasteiger partial charge in [-0.05, 0) is 0 Å². The van der Waals surface area contributed by atoms with Gasteiger partial charge >= 0.3 is 0 Å². The average molecular weight is 76.3 g/mol. The van der Waals surface area contributed by atoms with Gasteiger partial charge in [-0.25, -0.2) is 0 Å². The molecule has 0 aliphatic rings. The van der Waals surface area contributed by atoms with E-state index >= 15 is 0 Å². The normalized spacial score (nSPS) is 2.00. The van der Waals surface area contributed by atoms with Gasteiger partial charge in [-0.3, -0.25) is 0 Å². The first-order chi connectivity index (χ1) is 1.91. The highest BCUT2D eigenvalue weighted by Gasteiger charge is 1.39. The Hall–Kier alpha value is -0.254. The summed E-state index contributed by atoms with van der Waals surface area (Å²) in [4.78, 5) is 0. The molecule has 5 heavy (non-hydrogen) atoms. The zero-order chi connectivity index (χ0) is 3.41. The zero-order valence-corrected chi connectivity index (χ0v) is 4.02. The van der Waals surface area contributed by atoms with Gasteiger partial charge in [-0.1, -0.05) is 0 Å². The van der Waals surface area contributed by atoms with Gasteiger partial charge in [0.15, 0.2) is 12.1 Å². The van der Waals surface area contributed by atoms with Crippen molar-refractivity contribution in [3.8, 4) is 12.1 Å². The molecule has 0 unspecified atom stereocenters. The predicted molar refractivity (Wildman–Crippen MR) is 17.0 cm³/mol. The van der Waals surface area contributed by atoms with Crippen LogP contribution in [0, 0.1) is 22.7 Å². The first-order valence-electron chi connectivity index (χ1n) is 0.697. The lowest BCUT2D eigenvalue weighted by Crippen LogP contribution is -1.26. The lowest BCUT2D eigenvalue weighted by atomic mass is 10.9. The smallest absolute Gasteiger partial charge is 0.181 e. The Kier molecular flexibility index (Phi) is 16.4. The summed E-state index contributed by atoms with van der Waals surface area (Å²) in [5, 5.41) is 14.5. The molecular formula is C2MgN2. The second kappa shape index (κ2) is 9.27. The van der Waals surface area contributed by atoms with Crippen molar-refractivity contribution in [2.45, 2.75) is 0 Å².